The predicted molar refractivity (Wildman–Crippen MR) is 203 cm³/mol. The van der Waals surface area contributed by atoms with E-state index < -0.39 is 12.6 Å². The van der Waals surface area contributed by atoms with Gasteiger partial charge >= 0.3 is 5.97 Å². The van der Waals surface area contributed by atoms with Crippen LogP contribution in [0.2, 0.25) is 0 Å². The number of benzene rings is 4. The van der Waals surface area contributed by atoms with Crippen molar-refractivity contribution in [1.29, 1.82) is 0 Å². The molecule has 0 radical (unpaired) electrons. The van der Waals surface area contributed by atoms with Crippen LogP contribution in [0.5, 0.6) is 0 Å². The molecule has 0 saturated heterocycles. The van der Waals surface area contributed by atoms with E-state index >= 15 is 0 Å². The summed E-state index contributed by atoms with van der Waals surface area (Å²) in [6.45, 7) is 11.2. The van der Waals surface area contributed by atoms with Gasteiger partial charge in [0.25, 0.3) is 0 Å². The van der Waals surface area contributed by atoms with Gasteiger partial charge in [-0.15, -0.1) is 0 Å². The number of aldehydes is 1. The average molecular weight is 663 g/mol. The number of rotatable bonds is 15. The molecular weight excluding hydrogens is 608 g/mol. The standard InChI is InChI=1S/C40H48O4.C4H6O/c1-4-5-29-6-8-30(9-7-29)10-11-31-12-13-33-23-34(15-14-32(33)22-31)35-16-17-37-25-38(19-18-36(37)24-35)39(27-43-3)20-21-44-40(42)28(2)26-41;1-4(2)3-5/h12-19,22-25,29-30,39,41H,2,4-11,20-21,26-27H2,1,3H3;3H,1H2,2H3. The Morgan fingerprint density at radius 3 is 1.98 bits per heavy atom. The fourth-order valence-corrected chi connectivity index (χ4v) is 6.92. The zero-order chi connectivity index (χ0) is 35.2. The molecule has 1 aliphatic carbocycles. The number of ether oxygens (including phenoxy) is 2. The van der Waals surface area contributed by atoms with Gasteiger partial charge in [0.1, 0.15) is 6.29 Å². The molecule has 1 unspecified atom stereocenters. The third-order valence-electron chi connectivity index (χ3n) is 9.83. The Morgan fingerprint density at radius 2 is 1.41 bits per heavy atom. The van der Waals surface area contributed by atoms with Gasteiger partial charge in [0.05, 0.1) is 25.4 Å². The first-order chi connectivity index (χ1) is 23.7. The Morgan fingerprint density at radius 1 is 0.857 bits per heavy atom. The van der Waals surface area contributed by atoms with Crippen molar-refractivity contribution in [3.63, 3.8) is 0 Å². The van der Waals surface area contributed by atoms with Gasteiger partial charge in [-0.1, -0.05) is 119 Å². The SMILES string of the molecule is C=C(C)C=O.C=C(CO)C(=O)OCCC(COC)c1ccc2cc(-c3ccc4cc(CCC5CCC(CCC)CC5)ccc4c3)ccc2c1. The van der Waals surface area contributed by atoms with Crippen LogP contribution in [0.1, 0.15) is 82.3 Å². The maximum atomic E-state index is 11.9. The van der Waals surface area contributed by atoms with Crippen molar-refractivity contribution in [3.05, 3.63) is 108 Å². The van der Waals surface area contributed by atoms with Crippen LogP contribution in [-0.2, 0) is 25.5 Å². The highest BCUT2D eigenvalue weighted by Gasteiger charge is 2.20. The van der Waals surface area contributed by atoms with Crippen molar-refractivity contribution in [2.75, 3.05) is 26.9 Å². The number of carbonyl (C=O) groups excluding carboxylic acids is 2. The monoisotopic (exact) mass is 662 g/mol. The molecule has 5 rings (SSSR count). The smallest absolute Gasteiger partial charge is 0.335 e. The summed E-state index contributed by atoms with van der Waals surface area (Å²) in [4.78, 5) is 21.3. The van der Waals surface area contributed by atoms with E-state index in [9.17, 15) is 9.59 Å². The van der Waals surface area contributed by atoms with Crippen molar-refractivity contribution in [2.45, 2.75) is 77.6 Å². The number of fused-ring (bicyclic) bond motifs is 2. The summed E-state index contributed by atoms with van der Waals surface area (Å²) < 4.78 is 10.7. The third-order valence-corrected chi connectivity index (χ3v) is 9.83. The summed E-state index contributed by atoms with van der Waals surface area (Å²) in [5.41, 5.74) is 5.68. The Balaban J connectivity index is 0.00000101. The van der Waals surface area contributed by atoms with Crippen molar-refractivity contribution in [2.24, 2.45) is 11.8 Å². The molecule has 4 aromatic carbocycles. The van der Waals surface area contributed by atoms with Gasteiger partial charge in [-0.3, -0.25) is 4.79 Å². The molecule has 1 N–H and O–H groups in total. The normalized spacial score (nSPS) is 16.4. The summed E-state index contributed by atoms with van der Waals surface area (Å²) in [7, 11) is 1.68. The van der Waals surface area contributed by atoms with Gasteiger partial charge in [-0.05, 0) is 99.5 Å². The van der Waals surface area contributed by atoms with Crippen LogP contribution in [-0.4, -0.2) is 44.3 Å². The van der Waals surface area contributed by atoms with E-state index in [0.29, 0.717) is 18.6 Å². The molecule has 0 amide bonds. The maximum Gasteiger partial charge on any atom is 0.335 e. The Kier molecular flexibility index (Phi) is 14.8. The number of aryl methyl sites for hydroxylation is 1. The van der Waals surface area contributed by atoms with Crippen molar-refractivity contribution < 1.29 is 24.2 Å². The summed E-state index contributed by atoms with van der Waals surface area (Å²) in [5, 5.41) is 14.0. The second kappa shape index (κ2) is 19.2. The summed E-state index contributed by atoms with van der Waals surface area (Å²) in [6.07, 6.45) is 12.3. The minimum absolute atomic E-state index is 0.0659. The van der Waals surface area contributed by atoms with Crippen LogP contribution < -0.4 is 0 Å². The number of hydrogen-bond acceptors (Lipinski definition) is 5. The van der Waals surface area contributed by atoms with E-state index in [0.717, 1.165) is 23.7 Å². The van der Waals surface area contributed by atoms with Crippen molar-refractivity contribution >= 4 is 33.8 Å². The lowest BCUT2D eigenvalue weighted by Crippen LogP contribution is -2.15. The number of hydrogen-bond donors (Lipinski definition) is 1. The van der Waals surface area contributed by atoms with E-state index in [1.807, 2.05) is 0 Å². The van der Waals surface area contributed by atoms with Crippen LogP contribution in [0.4, 0.5) is 0 Å². The van der Waals surface area contributed by atoms with E-state index in [1.165, 1.54) is 89.6 Å². The molecule has 1 saturated carbocycles. The second-order valence-corrected chi connectivity index (χ2v) is 13.7. The summed E-state index contributed by atoms with van der Waals surface area (Å²) in [5.74, 6) is 1.41. The van der Waals surface area contributed by atoms with Crippen LogP contribution in [0, 0.1) is 11.8 Å². The number of allylic oxidation sites excluding steroid dienone is 1. The average Bonchev–Trinajstić information content (AvgIpc) is 3.13. The molecule has 0 bridgehead atoms. The van der Waals surface area contributed by atoms with Crippen molar-refractivity contribution in [3.8, 4) is 11.1 Å². The van der Waals surface area contributed by atoms with Crippen LogP contribution >= 0.6 is 0 Å². The fraction of sp³-hybridized carbons (Fsp3) is 0.409. The third kappa shape index (κ3) is 11.2. The molecule has 49 heavy (non-hydrogen) atoms. The van der Waals surface area contributed by atoms with E-state index in [4.69, 9.17) is 14.6 Å². The Bertz CT molecular complexity index is 1710. The minimum Gasteiger partial charge on any atom is -0.462 e. The topological polar surface area (TPSA) is 72.8 Å². The first-order valence-electron chi connectivity index (χ1n) is 17.9. The molecule has 0 heterocycles. The van der Waals surface area contributed by atoms with Gasteiger partial charge in [-0.25, -0.2) is 4.79 Å². The molecule has 1 aliphatic rings. The van der Waals surface area contributed by atoms with Crippen LogP contribution in [0.3, 0.4) is 0 Å². The molecule has 4 aromatic rings. The molecule has 1 atom stereocenters. The van der Waals surface area contributed by atoms with E-state index in [2.05, 4.69) is 92.9 Å². The molecule has 5 nitrogen and oxygen atoms in total. The molecule has 260 valence electrons. The molecule has 0 spiro atoms. The van der Waals surface area contributed by atoms with Gasteiger partial charge < -0.3 is 14.6 Å². The number of esters is 1. The highest BCUT2D eigenvalue weighted by Crippen LogP contribution is 2.35. The quantitative estimate of drug-likeness (QED) is 0.0779. The summed E-state index contributed by atoms with van der Waals surface area (Å²) >= 11 is 0. The second-order valence-electron chi connectivity index (χ2n) is 13.7. The number of carbonyl (C=O) groups is 2. The first-order valence-corrected chi connectivity index (χ1v) is 17.9. The maximum absolute atomic E-state index is 11.9. The molecule has 5 heteroatoms. The Hall–Kier alpha value is -4.06. The highest BCUT2D eigenvalue weighted by atomic mass is 16.5. The van der Waals surface area contributed by atoms with Gasteiger partial charge in [0, 0.05) is 13.0 Å². The lowest BCUT2D eigenvalue weighted by atomic mass is 9.78. The summed E-state index contributed by atoms with van der Waals surface area (Å²) in [6, 6.07) is 27.0. The molecule has 1 fully saturated rings. The van der Waals surface area contributed by atoms with Crippen LogP contribution in [0.25, 0.3) is 32.7 Å². The highest BCUT2D eigenvalue weighted by molar-refractivity contribution is 5.92. The van der Waals surface area contributed by atoms with Crippen molar-refractivity contribution in [1.82, 2.24) is 0 Å². The van der Waals surface area contributed by atoms with Gasteiger partial charge in [-0.2, -0.15) is 0 Å². The number of aliphatic hydroxyl groups is 1. The fourth-order valence-electron chi connectivity index (χ4n) is 6.92. The van der Waals surface area contributed by atoms with Gasteiger partial charge in [0.15, 0.2) is 0 Å². The molecule has 0 aliphatic heterocycles. The number of aliphatic hydroxyl groups excluding tert-OH is 1. The van der Waals surface area contributed by atoms with Crippen LogP contribution in [0.15, 0.2) is 97.1 Å². The first kappa shape index (κ1) is 37.8. The lowest BCUT2D eigenvalue weighted by molar-refractivity contribution is -0.139. The molecular formula is C44H54O5. The minimum atomic E-state index is -0.557. The Labute approximate surface area is 293 Å². The number of methoxy groups -OCH3 is 1. The predicted octanol–water partition coefficient (Wildman–Crippen LogP) is 10.2. The van der Waals surface area contributed by atoms with E-state index in [1.54, 1.807) is 14.0 Å². The lowest BCUT2D eigenvalue weighted by Gasteiger charge is -2.28. The van der Waals surface area contributed by atoms with E-state index in [-0.39, 0.29) is 18.1 Å². The largest absolute Gasteiger partial charge is 0.462 e. The van der Waals surface area contributed by atoms with Gasteiger partial charge in [0.2, 0.25) is 0 Å². The zero-order valence-corrected chi connectivity index (χ0v) is 29.7. The molecule has 0 aromatic heterocycles. The zero-order valence-electron chi connectivity index (χ0n) is 29.7.